The maximum absolute atomic E-state index is 13.0. The third-order valence-electron chi connectivity index (χ3n) is 5.82. The minimum atomic E-state index is 0.00300. The molecular formula is C21H29N5O2. The van der Waals surface area contributed by atoms with E-state index in [4.69, 9.17) is 4.74 Å². The van der Waals surface area contributed by atoms with E-state index in [9.17, 15) is 4.79 Å². The maximum atomic E-state index is 13.0. The summed E-state index contributed by atoms with van der Waals surface area (Å²) >= 11 is 0. The van der Waals surface area contributed by atoms with Crippen molar-refractivity contribution in [2.24, 2.45) is 5.92 Å². The van der Waals surface area contributed by atoms with E-state index in [-0.39, 0.29) is 5.91 Å². The molecule has 4 rings (SSSR count). The van der Waals surface area contributed by atoms with Crippen molar-refractivity contribution in [1.29, 1.82) is 0 Å². The Morgan fingerprint density at radius 3 is 2.79 bits per heavy atom. The topological polar surface area (TPSA) is 72.3 Å². The lowest BCUT2D eigenvalue weighted by Gasteiger charge is -2.23. The van der Waals surface area contributed by atoms with Crippen LogP contribution >= 0.6 is 0 Å². The van der Waals surface area contributed by atoms with Crippen molar-refractivity contribution < 1.29 is 9.53 Å². The number of piperidine rings is 1. The summed E-state index contributed by atoms with van der Waals surface area (Å²) in [6, 6.07) is 10.5. The Kier molecular flexibility index (Phi) is 6.02. The predicted molar refractivity (Wildman–Crippen MR) is 106 cm³/mol. The number of carbonyl (C=O) groups excluding carboxylic acids is 1. The summed E-state index contributed by atoms with van der Waals surface area (Å²) in [5.74, 6) is 0.385. The Balaban J connectivity index is 1.30. The molecule has 1 atom stereocenters. The Bertz CT molecular complexity index is 785. The van der Waals surface area contributed by atoms with E-state index < -0.39 is 0 Å². The Labute approximate surface area is 166 Å². The van der Waals surface area contributed by atoms with Crippen LogP contribution in [0.1, 0.15) is 47.1 Å². The van der Waals surface area contributed by atoms with Crippen LogP contribution in [-0.2, 0) is 11.3 Å². The molecule has 2 aliphatic rings. The van der Waals surface area contributed by atoms with E-state index in [1.807, 2.05) is 34.7 Å². The summed E-state index contributed by atoms with van der Waals surface area (Å²) in [4.78, 5) is 14.9. The number of rotatable bonds is 6. The Morgan fingerprint density at radius 1 is 1.21 bits per heavy atom. The number of aromatic nitrogens is 3. The van der Waals surface area contributed by atoms with E-state index in [2.05, 4.69) is 27.8 Å². The van der Waals surface area contributed by atoms with Gasteiger partial charge in [-0.25, -0.2) is 4.68 Å². The molecule has 0 aliphatic carbocycles. The molecule has 0 radical (unpaired) electrons. The second kappa shape index (κ2) is 8.84. The molecule has 1 aromatic heterocycles. The first-order chi connectivity index (χ1) is 13.7. The highest BCUT2D eigenvalue weighted by molar-refractivity contribution is 5.93. The van der Waals surface area contributed by atoms with Gasteiger partial charge in [0.2, 0.25) is 0 Å². The van der Waals surface area contributed by atoms with Crippen LogP contribution in [0.15, 0.2) is 30.3 Å². The zero-order valence-electron chi connectivity index (χ0n) is 16.5. The SMILES string of the molecule is Cc1c(C(=O)N2CCC(COCc3ccccc3)C2)nnn1C1CCNCC1. The van der Waals surface area contributed by atoms with Crippen molar-refractivity contribution in [1.82, 2.24) is 25.2 Å². The zero-order valence-corrected chi connectivity index (χ0v) is 16.5. The lowest BCUT2D eigenvalue weighted by molar-refractivity contribution is 0.0727. The van der Waals surface area contributed by atoms with Gasteiger partial charge in [0, 0.05) is 19.0 Å². The summed E-state index contributed by atoms with van der Waals surface area (Å²) in [5, 5.41) is 11.9. The number of amides is 1. The first-order valence-electron chi connectivity index (χ1n) is 10.3. The average molecular weight is 383 g/mol. The highest BCUT2D eigenvalue weighted by Crippen LogP contribution is 2.23. The summed E-state index contributed by atoms with van der Waals surface area (Å²) in [6.07, 6.45) is 3.03. The highest BCUT2D eigenvalue weighted by Gasteiger charge is 2.31. The second-order valence-corrected chi connectivity index (χ2v) is 7.86. The number of hydrogen-bond acceptors (Lipinski definition) is 5. The lowest BCUT2D eigenvalue weighted by atomic mass is 10.1. The smallest absolute Gasteiger partial charge is 0.276 e. The number of benzene rings is 1. The van der Waals surface area contributed by atoms with Gasteiger partial charge in [-0.1, -0.05) is 35.5 Å². The number of nitrogens with zero attached hydrogens (tertiary/aromatic N) is 4. The van der Waals surface area contributed by atoms with Crippen molar-refractivity contribution in [3.8, 4) is 0 Å². The minimum Gasteiger partial charge on any atom is -0.376 e. The molecule has 1 amide bonds. The normalized spacial score (nSPS) is 20.6. The van der Waals surface area contributed by atoms with Crippen LogP contribution in [0.5, 0.6) is 0 Å². The van der Waals surface area contributed by atoms with Gasteiger partial charge in [0.1, 0.15) is 0 Å². The molecule has 7 heteroatoms. The van der Waals surface area contributed by atoms with E-state index in [0.717, 1.165) is 51.1 Å². The van der Waals surface area contributed by atoms with Crippen molar-refractivity contribution >= 4 is 5.91 Å². The number of hydrogen-bond donors (Lipinski definition) is 1. The van der Waals surface area contributed by atoms with Crippen LogP contribution < -0.4 is 5.32 Å². The number of carbonyl (C=O) groups is 1. The van der Waals surface area contributed by atoms with Gasteiger partial charge < -0.3 is 15.0 Å². The molecule has 2 fully saturated rings. The van der Waals surface area contributed by atoms with Gasteiger partial charge in [0.05, 0.1) is 24.9 Å². The van der Waals surface area contributed by atoms with Gasteiger partial charge in [-0.15, -0.1) is 5.10 Å². The van der Waals surface area contributed by atoms with Gasteiger partial charge in [0.25, 0.3) is 5.91 Å². The largest absolute Gasteiger partial charge is 0.376 e. The fourth-order valence-electron chi connectivity index (χ4n) is 4.16. The summed E-state index contributed by atoms with van der Waals surface area (Å²) in [6.45, 7) is 6.74. The predicted octanol–water partition coefficient (Wildman–Crippen LogP) is 2.19. The molecule has 0 bridgehead atoms. The molecule has 28 heavy (non-hydrogen) atoms. The molecule has 3 heterocycles. The molecule has 7 nitrogen and oxygen atoms in total. The molecule has 2 aliphatic heterocycles. The van der Waals surface area contributed by atoms with Crippen LogP contribution in [0.4, 0.5) is 0 Å². The van der Waals surface area contributed by atoms with Gasteiger partial charge in [-0.3, -0.25) is 4.79 Å². The van der Waals surface area contributed by atoms with Crippen LogP contribution in [0.3, 0.4) is 0 Å². The molecule has 2 aromatic rings. The zero-order chi connectivity index (χ0) is 19.3. The molecule has 1 aromatic carbocycles. The quantitative estimate of drug-likeness (QED) is 0.828. The van der Waals surface area contributed by atoms with Gasteiger partial charge in [0.15, 0.2) is 5.69 Å². The van der Waals surface area contributed by atoms with Gasteiger partial charge in [-0.05, 0) is 44.8 Å². The van der Waals surface area contributed by atoms with Crippen LogP contribution in [0.2, 0.25) is 0 Å². The fourth-order valence-corrected chi connectivity index (χ4v) is 4.16. The lowest BCUT2D eigenvalue weighted by Crippen LogP contribution is -2.31. The summed E-state index contributed by atoms with van der Waals surface area (Å²) in [7, 11) is 0. The molecule has 150 valence electrons. The van der Waals surface area contributed by atoms with Crippen molar-refractivity contribution in [2.45, 2.75) is 38.8 Å². The van der Waals surface area contributed by atoms with Gasteiger partial charge >= 0.3 is 0 Å². The number of likely N-dealkylation sites (tertiary alicyclic amines) is 1. The van der Waals surface area contributed by atoms with Crippen LogP contribution in [0, 0.1) is 12.8 Å². The Hall–Kier alpha value is -2.25. The Morgan fingerprint density at radius 2 is 2.00 bits per heavy atom. The van der Waals surface area contributed by atoms with E-state index in [1.54, 1.807) is 0 Å². The van der Waals surface area contributed by atoms with Gasteiger partial charge in [-0.2, -0.15) is 0 Å². The fraction of sp³-hybridized carbons (Fsp3) is 0.571. The molecule has 1 N–H and O–H groups in total. The van der Waals surface area contributed by atoms with E-state index in [1.165, 1.54) is 5.56 Å². The minimum absolute atomic E-state index is 0.00300. The summed E-state index contributed by atoms with van der Waals surface area (Å²) < 4.78 is 7.82. The summed E-state index contributed by atoms with van der Waals surface area (Å²) in [5.41, 5.74) is 2.57. The molecule has 0 saturated carbocycles. The maximum Gasteiger partial charge on any atom is 0.276 e. The van der Waals surface area contributed by atoms with E-state index in [0.29, 0.717) is 30.9 Å². The molecule has 2 saturated heterocycles. The van der Waals surface area contributed by atoms with E-state index >= 15 is 0 Å². The van der Waals surface area contributed by atoms with Crippen molar-refractivity contribution in [3.05, 3.63) is 47.3 Å². The first kappa shape index (κ1) is 19.1. The third-order valence-corrected chi connectivity index (χ3v) is 5.82. The third kappa shape index (κ3) is 4.25. The second-order valence-electron chi connectivity index (χ2n) is 7.86. The highest BCUT2D eigenvalue weighted by atomic mass is 16.5. The van der Waals surface area contributed by atoms with Crippen LogP contribution in [0.25, 0.3) is 0 Å². The van der Waals surface area contributed by atoms with Crippen molar-refractivity contribution in [3.63, 3.8) is 0 Å². The monoisotopic (exact) mass is 383 g/mol. The standard InChI is InChI=1S/C21H29N5O2/c1-16-20(23-24-26(16)19-7-10-22-11-8-19)21(27)25-12-9-18(13-25)15-28-14-17-5-3-2-4-6-17/h2-6,18-19,22H,7-15H2,1H3. The molecular weight excluding hydrogens is 354 g/mol. The number of nitrogens with one attached hydrogen (secondary N) is 1. The average Bonchev–Trinajstić information content (AvgIpc) is 3.36. The molecule has 1 unspecified atom stereocenters. The van der Waals surface area contributed by atoms with Crippen LogP contribution in [-0.4, -0.2) is 58.6 Å². The van der Waals surface area contributed by atoms with Crippen molar-refractivity contribution in [2.75, 3.05) is 32.8 Å². The number of ether oxygens (including phenoxy) is 1. The molecule has 0 spiro atoms. The first-order valence-corrected chi connectivity index (χ1v) is 10.3.